The maximum Gasteiger partial charge on any atom is 0.0959 e. The van der Waals surface area contributed by atoms with Crippen LogP contribution in [-0.4, -0.2) is 11.5 Å². The minimum absolute atomic E-state index is 0.796. The Hall–Kier alpha value is -0.410. The van der Waals surface area contributed by atoms with Gasteiger partial charge in [0.1, 0.15) is 0 Å². The van der Waals surface area contributed by atoms with E-state index in [0.717, 1.165) is 18.4 Å². The van der Waals surface area contributed by atoms with Crippen molar-refractivity contribution in [2.24, 2.45) is 5.92 Å². The van der Waals surface area contributed by atoms with Crippen LogP contribution in [0.3, 0.4) is 0 Å². The first kappa shape index (κ1) is 10.7. The Balaban J connectivity index is 1.40. The lowest BCUT2D eigenvalue weighted by molar-refractivity contribution is 0.418. The highest BCUT2D eigenvalue weighted by Crippen LogP contribution is 2.38. The van der Waals surface area contributed by atoms with Crippen LogP contribution in [0.1, 0.15) is 54.3 Å². The van der Waals surface area contributed by atoms with Crippen molar-refractivity contribution in [3.05, 3.63) is 16.1 Å². The lowest BCUT2D eigenvalue weighted by Crippen LogP contribution is -2.14. The van der Waals surface area contributed by atoms with Crippen LogP contribution in [0.25, 0.3) is 0 Å². The molecule has 2 aliphatic rings. The van der Waals surface area contributed by atoms with Crippen LogP contribution in [0.5, 0.6) is 0 Å². The van der Waals surface area contributed by atoms with Crippen molar-refractivity contribution in [1.29, 1.82) is 0 Å². The predicted molar refractivity (Wildman–Crippen MR) is 67.8 cm³/mol. The smallest absolute Gasteiger partial charge is 0.0959 e. The molecule has 0 radical (unpaired) electrons. The zero-order valence-electron chi connectivity index (χ0n) is 9.74. The Morgan fingerprint density at radius 3 is 2.88 bits per heavy atom. The summed E-state index contributed by atoms with van der Waals surface area (Å²) >= 11 is 1.92. The largest absolute Gasteiger partial charge is 0.312 e. The molecule has 2 aliphatic carbocycles. The van der Waals surface area contributed by atoms with Crippen molar-refractivity contribution in [2.75, 3.05) is 6.54 Å². The van der Waals surface area contributed by atoms with E-state index in [-0.39, 0.29) is 0 Å². The molecule has 0 bridgehead atoms. The zero-order valence-corrected chi connectivity index (χ0v) is 10.6. The Labute approximate surface area is 101 Å². The molecule has 2 fully saturated rings. The predicted octanol–water partition coefficient (Wildman–Crippen LogP) is 3.30. The van der Waals surface area contributed by atoms with E-state index in [1.54, 1.807) is 0 Å². The van der Waals surface area contributed by atoms with Crippen LogP contribution in [0.4, 0.5) is 0 Å². The normalized spacial score (nSPS) is 21.0. The van der Waals surface area contributed by atoms with Gasteiger partial charge >= 0.3 is 0 Å². The first-order chi connectivity index (χ1) is 7.92. The summed E-state index contributed by atoms with van der Waals surface area (Å²) in [6.07, 6.45) is 10.5. The Morgan fingerprint density at radius 1 is 1.31 bits per heavy atom. The molecule has 2 nitrogen and oxygen atoms in total. The van der Waals surface area contributed by atoms with Gasteiger partial charge in [0.05, 0.1) is 5.01 Å². The maximum atomic E-state index is 4.54. The molecular formula is C13H20N2S. The number of aromatic nitrogens is 1. The van der Waals surface area contributed by atoms with Crippen molar-refractivity contribution in [3.63, 3.8) is 0 Å². The summed E-state index contributed by atoms with van der Waals surface area (Å²) in [5.74, 6) is 1.84. The molecule has 0 unspecified atom stereocenters. The first-order valence-electron chi connectivity index (χ1n) is 6.57. The third-order valence-corrected chi connectivity index (χ3v) is 4.91. The average Bonchev–Trinajstić information content (AvgIpc) is 2.92. The fourth-order valence-corrected chi connectivity index (χ4v) is 3.23. The van der Waals surface area contributed by atoms with Gasteiger partial charge in [-0.3, -0.25) is 0 Å². The van der Waals surface area contributed by atoms with E-state index < -0.39 is 0 Å². The maximum absolute atomic E-state index is 4.54. The quantitative estimate of drug-likeness (QED) is 0.767. The van der Waals surface area contributed by atoms with E-state index in [1.165, 1.54) is 55.0 Å². The molecule has 0 atom stereocenters. The summed E-state index contributed by atoms with van der Waals surface area (Å²) in [6, 6.07) is 0. The van der Waals surface area contributed by atoms with Gasteiger partial charge in [-0.25, -0.2) is 4.98 Å². The van der Waals surface area contributed by atoms with Gasteiger partial charge < -0.3 is 5.32 Å². The number of hydrogen-bond acceptors (Lipinski definition) is 3. The lowest BCUT2D eigenvalue weighted by Gasteiger charge is -2.22. The topological polar surface area (TPSA) is 24.9 Å². The molecule has 1 heterocycles. The molecule has 0 aliphatic heterocycles. The van der Waals surface area contributed by atoms with Crippen LogP contribution in [0.2, 0.25) is 0 Å². The summed E-state index contributed by atoms with van der Waals surface area (Å²) in [5, 5.41) is 4.91. The summed E-state index contributed by atoms with van der Waals surface area (Å²) in [7, 11) is 0. The van der Waals surface area contributed by atoms with Gasteiger partial charge in [0.2, 0.25) is 0 Å². The average molecular weight is 236 g/mol. The van der Waals surface area contributed by atoms with Gasteiger partial charge in [-0.15, -0.1) is 11.3 Å². The van der Waals surface area contributed by atoms with Crippen LogP contribution in [0.15, 0.2) is 6.20 Å². The first-order valence-corrected chi connectivity index (χ1v) is 7.39. The number of hydrogen-bond donors (Lipinski definition) is 1. The third-order valence-electron chi connectivity index (χ3n) is 3.75. The summed E-state index contributed by atoms with van der Waals surface area (Å²) < 4.78 is 0. The molecular weight excluding hydrogens is 216 g/mol. The van der Waals surface area contributed by atoms with Gasteiger partial charge in [0.25, 0.3) is 0 Å². The van der Waals surface area contributed by atoms with E-state index in [1.807, 2.05) is 11.3 Å². The number of nitrogens with zero attached hydrogens (tertiary/aromatic N) is 1. The van der Waals surface area contributed by atoms with Crippen LogP contribution in [-0.2, 0) is 6.54 Å². The minimum atomic E-state index is 0.796. The number of nitrogens with one attached hydrogen (secondary N) is 1. The zero-order chi connectivity index (χ0) is 10.8. The molecule has 0 spiro atoms. The van der Waals surface area contributed by atoms with E-state index in [9.17, 15) is 0 Å². The second-order valence-corrected chi connectivity index (χ2v) is 6.35. The Bertz CT molecular complexity index is 339. The standard InChI is InChI=1S/C13H20N2S/c1-2-11(3-1)13-15-9-12(16-13)8-14-7-6-10-4-5-10/h9-11,14H,1-8H2. The summed E-state index contributed by atoms with van der Waals surface area (Å²) in [5.41, 5.74) is 0. The molecule has 1 aromatic rings. The number of rotatable bonds is 6. The monoisotopic (exact) mass is 236 g/mol. The van der Waals surface area contributed by atoms with Gasteiger partial charge in [-0.2, -0.15) is 0 Å². The van der Waals surface area contributed by atoms with Gasteiger partial charge in [0.15, 0.2) is 0 Å². The van der Waals surface area contributed by atoms with Gasteiger partial charge in [-0.05, 0) is 31.7 Å². The van der Waals surface area contributed by atoms with Gasteiger partial charge in [0, 0.05) is 23.5 Å². The molecule has 16 heavy (non-hydrogen) atoms. The van der Waals surface area contributed by atoms with E-state index >= 15 is 0 Å². The van der Waals surface area contributed by atoms with Crippen molar-refractivity contribution in [2.45, 2.75) is 51.0 Å². The molecule has 0 amide bonds. The van der Waals surface area contributed by atoms with Gasteiger partial charge in [-0.1, -0.05) is 19.3 Å². The highest BCUT2D eigenvalue weighted by molar-refractivity contribution is 7.11. The van der Waals surface area contributed by atoms with E-state index in [4.69, 9.17) is 0 Å². The molecule has 3 rings (SSSR count). The molecule has 3 heteroatoms. The number of thiazole rings is 1. The fraction of sp³-hybridized carbons (Fsp3) is 0.769. The summed E-state index contributed by atoms with van der Waals surface area (Å²) in [4.78, 5) is 5.96. The summed E-state index contributed by atoms with van der Waals surface area (Å²) in [6.45, 7) is 2.21. The lowest BCUT2D eigenvalue weighted by atomic mass is 9.86. The van der Waals surface area contributed by atoms with Crippen molar-refractivity contribution >= 4 is 11.3 Å². The molecule has 0 saturated heterocycles. The Morgan fingerprint density at radius 2 is 2.19 bits per heavy atom. The third kappa shape index (κ3) is 2.64. The van der Waals surface area contributed by atoms with E-state index in [2.05, 4.69) is 16.5 Å². The second kappa shape index (κ2) is 4.84. The Kier molecular flexibility index (Phi) is 3.25. The van der Waals surface area contributed by atoms with Crippen LogP contribution >= 0.6 is 11.3 Å². The minimum Gasteiger partial charge on any atom is -0.312 e. The van der Waals surface area contributed by atoms with Crippen LogP contribution in [0, 0.1) is 5.92 Å². The second-order valence-electron chi connectivity index (χ2n) is 5.20. The van der Waals surface area contributed by atoms with Crippen LogP contribution < -0.4 is 5.32 Å². The molecule has 1 aromatic heterocycles. The molecule has 88 valence electrons. The molecule has 1 N–H and O–H groups in total. The highest BCUT2D eigenvalue weighted by atomic mass is 32.1. The van der Waals surface area contributed by atoms with Crippen molar-refractivity contribution < 1.29 is 0 Å². The fourth-order valence-electron chi connectivity index (χ4n) is 2.17. The van der Waals surface area contributed by atoms with E-state index in [0.29, 0.717) is 0 Å². The molecule has 2 saturated carbocycles. The van der Waals surface area contributed by atoms with Crippen molar-refractivity contribution in [1.82, 2.24) is 10.3 Å². The SMILES string of the molecule is c1nc(C2CCC2)sc1CNCCC1CC1. The van der Waals surface area contributed by atoms with Crippen molar-refractivity contribution in [3.8, 4) is 0 Å². The highest BCUT2D eigenvalue weighted by Gasteiger charge is 2.22. The molecule has 0 aromatic carbocycles.